The highest BCUT2D eigenvalue weighted by Gasteiger charge is 2.21. The lowest BCUT2D eigenvalue weighted by Gasteiger charge is -2.22. The Morgan fingerprint density at radius 2 is 2.17 bits per heavy atom. The van der Waals surface area contributed by atoms with Gasteiger partial charge in [-0.15, -0.1) is 12.4 Å². The maximum atomic E-state index is 12.2. The molecule has 1 aliphatic rings. The lowest BCUT2D eigenvalue weighted by atomic mass is 9.99. The fourth-order valence-corrected chi connectivity index (χ4v) is 2.70. The van der Waals surface area contributed by atoms with E-state index in [1.165, 1.54) is 0 Å². The summed E-state index contributed by atoms with van der Waals surface area (Å²) >= 11 is 6.15. The summed E-state index contributed by atoms with van der Waals surface area (Å²) in [6.07, 6.45) is 2.77. The smallest absolute Gasteiger partial charge is 0.252 e. The number of carbonyl (C=O) groups excluding carboxylic acids is 2. The van der Waals surface area contributed by atoms with E-state index < -0.39 is 0 Å². The molecule has 0 radical (unpaired) electrons. The van der Waals surface area contributed by atoms with Crippen molar-refractivity contribution in [2.45, 2.75) is 26.2 Å². The van der Waals surface area contributed by atoms with E-state index in [1.54, 1.807) is 18.2 Å². The molecule has 1 unspecified atom stereocenters. The van der Waals surface area contributed by atoms with Gasteiger partial charge < -0.3 is 16.0 Å². The number of halogens is 2. The molecule has 1 atom stereocenters. The zero-order valence-corrected chi connectivity index (χ0v) is 14.7. The highest BCUT2D eigenvalue weighted by Crippen LogP contribution is 2.22. The summed E-state index contributed by atoms with van der Waals surface area (Å²) in [5.74, 6) is -0.215. The monoisotopic (exact) mass is 359 g/mol. The van der Waals surface area contributed by atoms with Gasteiger partial charge in [-0.25, -0.2) is 0 Å². The Morgan fingerprint density at radius 1 is 1.39 bits per heavy atom. The minimum absolute atomic E-state index is 0. The molecule has 1 aromatic rings. The van der Waals surface area contributed by atoms with Gasteiger partial charge in [0.25, 0.3) is 5.91 Å². The summed E-state index contributed by atoms with van der Waals surface area (Å²) in [4.78, 5) is 24.1. The summed E-state index contributed by atoms with van der Waals surface area (Å²) in [5.41, 5.74) is 1.04. The number of amides is 2. The van der Waals surface area contributed by atoms with Crippen LogP contribution < -0.4 is 16.0 Å². The maximum absolute atomic E-state index is 12.2. The third-order valence-corrected chi connectivity index (χ3v) is 4.00. The third kappa shape index (κ3) is 5.68. The minimum atomic E-state index is -0.193. The first-order valence-corrected chi connectivity index (χ1v) is 8.09. The van der Waals surface area contributed by atoms with Crippen molar-refractivity contribution >= 4 is 41.5 Å². The van der Waals surface area contributed by atoms with Gasteiger partial charge in [0.2, 0.25) is 5.91 Å². The molecule has 1 aromatic carbocycles. The maximum Gasteiger partial charge on any atom is 0.252 e. The molecule has 23 heavy (non-hydrogen) atoms. The number of carbonyl (C=O) groups is 2. The molecule has 128 valence electrons. The molecule has 2 rings (SSSR count). The number of piperidine rings is 1. The van der Waals surface area contributed by atoms with Crippen LogP contribution in [0.5, 0.6) is 0 Å². The molecule has 0 bridgehead atoms. The summed E-state index contributed by atoms with van der Waals surface area (Å²) in [5, 5.41) is 9.21. The fourth-order valence-electron chi connectivity index (χ4n) is 2.43. The largest absolute Gasteiger partial charge is 0.352 e. The van der Waals surface area contributed by atoms with E-state index in [4.69, 9.17) is 11.6 Å². The molecule has 0 aromatic heterocycles. The predicted molar refractivity (Wildman–Crippen MR) is 95.5 cm³/mol. The molecule has 2 amide bonds. The van der Waals surface area contributed by atoms with E-state index in [1.807, 2.05) is 6.92 Å². The number of hydrogen-bond acceptors (Lipinski definition) is 3. The van der Waals surface area contributed by atoms with Crippen LogP contribution in [0.4, 0.5) is 5.69 Å². The third-order valence-electron chi connectivity index (χ3n) is 3.68. The first-order chi connectivity index (χ1) is 10.6. The highest BCUT2D eigenvalue weighted by atomic mass is 35.5. The van der Waals surface area contributed by atoms with Gasteiger partial charge in [0.05, 0.1) is 16.5 Å². The van der Waals surface area contributed by atoms with Gasteiger partial charge >= 0.3 is 0 Å². The molecule has 1 aliphatic heterocycles. The summed E-state index contributed by atoms with van der Waals surface area (Å²) in [6.45, 7) is 4.28. The van der Waals surface area contributed by atoms with Crippen LogP contribution in [0.15, 0.2) is 18.2 Å². The van der Waals surface area contributed by atoms with Crippen LogP contribution in [0.25, 0.3) is 0 Å². The molecule has 0 aliphatic carbocycles. The Balaban J connectivity index is 0.00000264. The van der Waals surface area contributed by atoms with E-state index >= 15 is 0 Å². The molecule has 1 heterocycles. The quantitative estimate of drug-likeness (QED) is 0.756. The molecule has 1 fully saturated rings. The van der Waals surface area contributed by atoms with Crippen molar-refractivity contribution in [3.63, 3.8) is 0 Å². The Labute approximate surface area is 148 Å². The van der Waals surface area contributed by atoms with Crippen molar-refractivity contribution in [2.75, 3.05) is 25.0 Å². The molecule has 1 saturated heterocycles. The second-order valence-electron chi connectivity index (χ2n) is 5.48. The number of anilines is 1. The second kappa shape index (κ2) is 9.75. The fraction of sp³-hybridized carbons (Fsp3) is 0.500. The standard InChI is InChI=1S/C16H22ClN3O2.ClH/c1-2-7-19-16(22)13-6-5-12(9-14(13)17)20-15(21)11-4-3-8-18-10-11;/h5-6,9,11,18H,2-4,7-8,10H2,1H3,(H,19,22)(H,20,21);1H. The molecule has 0 spiro atoms. The highest BCUT2D eigenvalue weighted by molar-refractivity contribution is 6.34. The first-order valence-electron chi connectivity index (χ1n) is 7.71. The van der Waals surface area contributed by atoms with Crippen molar-refractivity contribution in [3.05, 3.63) is 28.8 Å². The number of nitrogens with one attached hydrogen (secondary N) is 3. The zero-order chi connectivity index (χ0) is 15.9. The van der Waals surface area contributed by atoms with Crippen molar-refractivity contribution < 1.29 is 9.59 Å². The van der Waals surface area contributed by atoms with E-state index in [-0.39, 0.29) is 30.1 Å². The Hall–Kier alpha value is -1.30. The van der Waals surface area contributed by atoms with Crippen molar-refractivity contribution in [2.24, 2.45) is 5.92 Å². The van der Waals surface area contributed by atoms with E-state index in [0.29, 0.717) is 29.4 Å². The van der Waals surface area contributed by atoms with Crippen LogP contribution in [0, 0.1) is 5.92 Å². The Morgan fingerprint density at radius 3 is 2.78 bits per heavy atom. The van der Waals surface area contributed by atoms with Gasteiger partial charge in [0.1, 0.15) is 0 Å². The molecule has 7 heteroatoms. The summed E-state index contributed by atoms with van der Waals surface area (Å²) in [7, 11) is 0. The predicted octanol–water partition coefficient (Wildman–Crippen LogP) is 2.84. The Bertz CT molecular complexity index is 546. The molecular formula is C16H23Cl2N3O2. The van der Waals surface area contributed by atoms with E-state index in [0.717, 1.165) is 25.8 Å². The Kier molecular flexibility index (Phi) is 8.37. The molecule has 5 nitrogen and oxygen atoms in total. The van der Waals surface area contributed by atoms with Gasteiger partial charge in [0, 0.05) is 18.8 Å². The number of benzene rings is 1. The average molecular weight is 360 g/mol. The topological polar surface area (TPSA) is 70.2 Å². The van der Waals surface area contributed by atoms with Crippen molar-refractivity contribution in [1.82, 2.24) is 10.6 Å². The van der Waals surface area contributed by atoms with E-state index in [2.05, 4.69) is 16.0 Å². The van der Waals surface area contributed by atoms with Crippen LogP contribution >= 0.6 is 24.0 Å². The lowest BCUT2D eigenvalue weighted by molar-refractivity contribution is -0.120. The lowest BCUT2D eigenvalue weighted by Crippen LogP contribution is -2.37. The summed E-state index contributed by atoms with van der Waals surface area (Å²) in [6, 6.07) is 4.97. The first kappa shape index (κ1) is 19.7. The number of hydrogen-bond donors (Lipinski definition) is 3. The van der Waals surface area contributed by atoms with E-state index in [9.17, 15) is 9.59 Å². The van der Waals surface area contributed by atoms with Crippen molar-refractivity contribution in [3.8, 4) is 0 Å². The zero-order valence-electron chi connectivity index (χ0n) is 13.2. The van der Waals surface area contributed by atoms with Crippen molar-refractivity contribution in [1.29, 1.82) is 0 Å². The van der Waals surface area contributed by atoms with Gasteiger partial charge in [-0.2, -0.15) is 0 Å². The van der Waals surface area contributed by atoms with Gasteiger partial charge in [-0.3, -0.25) is 9.59 Å². The van der Waals surface area contributed by atoms with Gasteiger partial charge in [-0.1, -0.05) is 18.5 Å². The number of rotatable bonds is 5. The van der Waals surface area contributed by atoms with Crippen LogP contribution in [0.2, 0.25) is 5.02 Å². The average Bonchev–Trinajstić information content (AvgIpc) is 2.53. The molecular weight excluding hydrogens is 337 g/mol. The van der Waals surface area contributed by atoms with Crippen LogP contribution in [0.1, 0.15) is 36.5 Å². The minimum Gasteiger partial charge on any atom is -0.352 e. The van der Waals surface area contributed by atoms with Gasteiger partial charge in [0.15, 0.2) is 0 Å². The van der Waals surface area contributed by atoms with Crippen LogP contribution in [-0.4, -0.2) is 31.4 Å². The molecule has 3 N–H and O–H groups in total. The van der Waals surface area contributed by atoms with Crippen LogP contribution in [-0.2, 0) is 4.79 Å². The normalized spacial score (nSPS) is 17.0. The van der Waals surface area contributed by atoms with Crippen LogP contribution in [0.3, 0.4) is 0 Å². The van der Waals surface area contributed by atoms with Gasteiger partial charge in [-0.05, 0) is 44.0 Å². The second-order valence-corrected chi connectivity index (χ2v) is 5.89. The summed E-state index contributed by atoms with van der Waals surface area (Å²) < 4.78 is 0. The SMILES string of the molecule is CCCNC(=O)c1ccc(NC(=O)C2CCCNC2)cc1Cl.Cl. The molecule has 0 saturated carbocycles.